The van der Waals surface area contributed by atoms with Crippen LogP contribution in [0.3, 0.4) is 0 Å². The SMILES string of the molecule is C=C/C=C\c1c(C)oc2ccc(-c3ccc(-c4c5ccccc5c(-c5cccc6ccccc56)c5ccc(-c6ccccc6)cc45)cc3)cc12. The van der Waals surface area contributed by atoms with Crippen LogP contribution in [0.5, 0.6) is 0 Å². The maximum Gasteiger partial charge on any atom is 0.134 e. The average molecular weight is 639 g/mol. The van der Waals surface area contributed by atoms with E-state index in [0.717, 1.165) is 27.9 Å². The van der Waals surface area contributed by atoms with Crippen LogP contribution < -0.4 is 0 Å². The fourth-order valence-corrected chi connectivity index (χ4v) is 7.65. The molecule has 1 heterocycles. The quantitative estimate of drug-likeness (QED) is 0.130. The van der Waals surface area contributed by atoms with Crippen LogP contribution in [0.25, 0.3) is 93.9 Å². The summed E-state index contributed by atoms with van der Waals surface area (Å²) in [5.74, 6) is 0.908. The predicted molar refractivity (Wildman–Crippen MR) is 214 cm³/mol. The lowest BCUT2D eigenvalue weighted by Crippen LogP contribution is -1.92. The van der Waals surface area contributed by atoms with Gasteiger partial charge in [0.2, 0.25) is 0 Å². The van der Waals surface area contributed by atoms with Crippen molar-refractivity contribution in [3.8, 4) is 44.5 Å². The van der Waals surface area contributed by atoms with E-state index in [4.69, 9.17) is 4.42 Å². The van der Waals surface area contributed by atoms with Crippen molar-refractivity contribution in [2.24, 2.45) is 0 Å². The van der Waals surface area contributed by atoms with E-state index in [1.54, 1.807) is 6.08 Å². The Balaban J connectivity index is 1.28. The standard InChI is InChI=1S/C49H34O/c1-3-4-17-39-32(2)50-47-29-27-38(30-45(39)47)34-22-24-36(25-23-34)48-42-19-10-11-20-43(42)49(41-21-12-16-35-15-8-9-18-40(35)41)44-28-26-37(31-46(44)48)33-13-6-5-7-14-33/h3-31H,1H2,2H3/b17-4-. The summed E-state index contributed by atoms with van der Waals surface area (Å²) in [7, 11) is 0. The van der Waals surface area contributed by atoms with Crippen LogP contribution >= 0.6 is 0 Å². The molecule has 9 aromatic rings. The number of furan rings is 1. The normalized spacial score (nSPS) is 11.7. The topological polar surface area (TPSA) is 13.1 Å². The van der Waals surface area contributed by atoms with Gasteiger partial charge in [0.15, 0.2) is 0 Å². The monoisotopic (exact) mass is 638 g/mol. The molecule has 0 bridgehead atoms. The lowest BCUT2D eigenvalue weighted by atomic mass is 9.83. The van der Waals surface area contributed by atoms with E-state index >= 15 is 0 Å². The highest BCUT2D eigenvalue weighted by Gasteiger charge is 2.19. The number of hydrogen-bond donors (Lipinski definition) is 0. The van der Waals surface area contributed by atoms with Gasteiger partial charge in [-0.1, -0.05) is 164 Å². The van der Waals surface area contributed by atoms with E-state index in [0.29, 0.717) is 0 Å². The van der Waals surface area contributed by atoms with Crippen LogP contribution in [0.15, 0.2) is 181 Å². The number of benzene rings is 8. The van der Waals surface area contributed by atoms with Crippen molar-refractivity contribution in [2.75, 3.05) is 0 Å². The molecule has 0 amide bonds. The lowest BCUT2D eigenvalue weighted by molar-refractivity contribution is 0.577. The van der Waals surface area contributed by atoms with Crippen molar-refractivity contribution in [3.63, 3.8) is 0 Å². The second kappa shape index (κ2) is 12.2. The molecule has 1 aromatic heterocycles. The first-order valence-electron chi connectivity index (χ1n) is 17.1. The molecule has 0 spiro atoms. The number of rotatable bonds is 6. The van der Waals surface area contributed by atoms with Crippen LogP contribution in [0.1, 0.15) is 11.3 Å². The second-order valence-electron chi connectivity index (χ2n) is 12.9. The number of aryl methyl sites for hydroxylation is 1. The van der Waals surface area contributed by atoms with Gasteiger partial charge < -0.3 is 4.42 Å². The minimum Gasteiger partial charge on any atom is -0.461 e. The highest BCUT2D eigenvalue weighted by atomic mass is 16.3. The minimum atomic E-state index is 0.894. The Morgan fingerprint density at radius 3 is 1.82 bits per heavy atom. The Hall–Kier alpha value is -6.44. The lowest BCUT2D eigenvalue weighted by Gasteiger charge is -2.20. The smallest absolute Gasteiger partial charge is 0.134 e. The predicted octanol–water partition coefficient (Wildman–Crippen LogP) is 14.1. The molecule has 9 rings (SSSR count). The summed E-state index contributed by atoms with van der Waals surface area (Å²) >= 11 is 0. The Labute approximate surface area is 292 Å². The van der Waals surface area contributed by atoms with E-state index < -0.39 is 0 Å². The summed E-state index contributed by atoms with van der Waals surface area (Å²) in [6.07, 6.45) is 5.83. The fraction of sp³-hybridized carbons (Fsp3) is 0.0204. The highest BCUT2D eigenvalue weighted by molar-refractivity contribution is 6.24. The van der Waals surface area contributed by atoms with Gasteiger partial charge in [-0.05, 0) is 102 Å². The number of fused-ring (bicyclic) bond motifs is 4. The first kappa shape index (κ1) is 29.7. The Morgan fingerprint density at radius 2 is 1.04 bits per heavy atom. The molecule has 1 heteroatoms. The molecule has 0 aliphatic rings. The van der Waals surface area contributed by atoms with Crippen molar-refractivity contribution >= 4 is 49.4 Å². The van der Waals surface area contributed by atoms with Crippen molar-refractivity contribution in [1.82, 2.24) is 0 Å². The maximum atomic E-state index is 6.07. The molecule has 8 aromatic carbocycles. The number of allylic oxidation sites excluding steroid dienone is 2. The zero-order valence-corrected chi connectivity index (χ0v) is 27.9. The summed E-state index contributed by atoms with van der Waals surface area (Å²) in [4.78, 5) is 0. The van der Waals surface area contributed by atoms with Crippen molar-refractivity contribution in [3.05, 3.63) is 188 Å². The molecular formula is C49H34O. The molecule has 0 radical (unpaired) electrons. The highest BCUT2D eigenvalue weighted by Crippen LogP contribution is 2.46. The van der Waals surface area contributed by atoms with Crippen molar-refractivity contribution < 1.29 is 4.42 Å². The number of hydrogen-bond acceptors (Lipinski definition) is 1. The van der Waals surface area contributed by atoms with Crippen LogP contribution in [0.2, 0.25) is 0 Å². The molecule has 0 saturated heterocycles. The van der Waals surface area contributed by atoms with Crippen LogP contribution in [-0.4, -0.2) is 0 Å². The van der Waals surface area contributed by atoms with Gasteiger partial charge in [0.1, 0.15) is 11.3 Å². The van der Waals surface area contributed by atoms with Gasteiger partial charge in [-0.25, -0.2) is 0 Å². The van der Waals surface area contributed by atoms with Crippen LogP contribution in [0, 0.1) is 6.92 Å². The zero-order chi connectivity index (χ0) is 33.6. The molecule has 0 aliphatic heterocycles. The zero-order valence-electron chi connectivity index (χ0n) is 27.9. The largest absolute Gasteiger partial charge is 0.461 e. The Morgan fingerprint density at radius 1 is 0.460 bits per heavy atom. The summed E-state index contributed by atoms with van der Waals surface area (Å²) in [5, 5.41) is 8.61. The van der Waals surface area contributed by atoms with E-state index in [1.165, 1.54) is 71.3 Å². The Bertz CT molecular complexity index is 2750. The Kier molecular flexibility index (Phi) is 7.25. The summed E-state index contributed by atoms with van der Waals surface area (Å²) < 4.78 is 6.07. The van der Waals surface area contributed by atoms with E-state index in [2.05, 4.69) is 170 Å². The molecule has 236 valence electrons. The van der Waals surface area contributed by atoms with Gasteiger partial charge in [0.25, 0.3) is 0 Å². The van der Waals surface area contributed by atoms with Gasteiger partial charge in [-0.15, -0.1) is 0 Å². The molecule has 0 aliphatic carbocycles. The third-order valence-corrected chi connectivity index (χ3v) is 10.0. The van der Waals surface area contributed by atoms with Gasteiger partial charge >= 0.3 is 0 Å². The van der Waals surface area contributed by atoms with Crippen molar-refractivity contribution in [2.45, 2.75) is 6.92 Å². The molecule has 0 unspecified atom stereocenters. The molecule has 0 saturated carbocycles. The van der Waals surface area contributed by atoms with Gasteiger partial charge in [-0.3, -0.25) is 0 Å². The first-order chi connectivity index (χ1) is 24.7. The van der Waals surface area contributed by atoms with Gasteiger partial charge in [0.05, 0.1) is 0 Å². The second-order valence-corrected chi connectivity index (χ2v) is 12.9. The first-order valence-corrected chi connectivity index (χ1v) is 17.1. The third-order valence-electron chi connectivity index (χ3n) is 10.0. The van der Waals surface area contributed by atoms with Crippen molar-refractivity contribution in [1.29, 1.82) is 0 Å². The maximum absolute atomic E-state index is 6.07. The van der Waals surface area contributed by atoms with Gasteiger partial charge in [0, 0.05) is 10.9 Å². The van der Waals surface area contributed by atoms with Crippen LogP contribution in [-0.2, 0) is 0 Å². The van der Waals surface area contributed by atoms with Crippen LogP contribution in [0.4, 0.5) is 0 Å². The molecule has 0 fully saturated rings. The summed E-state index contributed by atoms with van der Waals surface area (Å²) in [6, 6.07) is 57.5. The molecular weight excluding hydrogens is 605 g/mol. The minimum absolute atomic E-state index is 0.894. The van der Waals surface area contributed by atoms with E-state index in [-0.39, 0.29) is 0 Å². The molecule has 50 heavy (non-hydrogen) atoms. The summed E-state index contributed by atoms with van der Waals surface area (Å²) in [6.45, 7) is 5.86. The van der Waals surface area contributed by atoms with Gasteiger partial charge in [-0.2, -0.15) is 0 Å². The molecule has 0 N–H and O–H groups in total. The average Bonchev–Trinajstić information content (AvgIpc) is 3.49. The summed E-state index contributed by atoms with van der Waals surface area (Å²) in [5.41, 5.74) is 11.7. The third kappa shape index (κ3) is 4.95. The van der Waals surface area contributed by atoms with E-state index in [9.17, 15) is 0 Å². The molecule has 0 atom stereocenters. The van der Waals surface area contributed by atoms with E-state index in [1.807, 2.05) is 13.0 Å². The molecule has 1 nitrogen and oxygen atoms in total. The fourth-order valence-electron chi connectivity index (χ4n) is 7.65.